The van der Waals surface area contributed by atoms with Gasteiger partial charge in [-0.25, -0.2) is 28.7 Å². The van der Waals surface area contributed by atoms with Crippen LogP contribution in [0.25, 0.3) is 160 Å². The van der Waals surface area contributed by atoms with Crippen molar-refractivity contribution in [3.05, 3.63) is 229 Å². The largest absolute Gasteiger partial charge is 0.494 e. The molecular weight excluding hydrogens is 1790 g/mol. The van der Waals surface area contributed by atoms with Crippen molar-refractivity contribution in [2.24, 2.45) is 11.8 Å². The monoisotopic (exact) mass is 1910 g/mol. The van der Waals surface area contributed by atoms with Gasteiger partial charge in [0.05, 0.1) is 74.7 Å². The van der Waals surface area contributed by atoms with Crippen LogP contribution in [0.15, 0.2) is 182 Å². The van der Waals surface area contributed by atoms with E-state index in [2.05, 4.69) is 191 Å². The highest BCUT2D eigenvalue weighted by atomic mass is 35.5. The van der Waals surface area contributed by atoms with Gasteiger partial charge in [0.2, 0.25) is 0 Å². The molecule has 8 heterocycles. The molecule has 2 unspecified atom stereocenters. The molecule has 0 saturated carbocycles. The van der Waals surface area contributed by atoms with Crippen LogP contribution < -0.4 is 14.2 Å². The maximum absolute atomic E-state index is 17.7. The summed E-state index contributed by atoms with van der Waals surface area (Å²) >= 11 is 25.3. The van der Waals surface area contributed by atoms with E-state index in [0.29, 0.717) is 63.8 Å². The van der Waals surface area contributed by atoms with Gasteiger partial charge in [0.15, 0.2) is 0 Å². The quantitative estimate of drug-likeness (QED) is 0.0352. The number of rotatable bonds is 47. The van der Waals surface area contributed by atoms with Gasteiger partial charge in [-0.15, -0.1) is 68.0 Å². The van der Waals surface area contributed by atoms with Crippen LogP contribution in [0.3, 0.4) is 0 Å². The van der Waals surface area contributed by atoms with E-state index in [1.807, 2.05) is 82.5 Å². The Labute approximate surface area is 814 Å². The van der Waals surface area contributed by atoms with Crippen molar-refractivity contribution >= 4 is 133 Å². The van der Waals surface area contributed by atoms with Gasteiger partial charge in [-0.3, -0.25) is 0 Å². The zero-order chi connectivity index (χ0) is 91.7. The molecule has 686 valence electrons. The average molecular weight is 1910 g/mol. The lowest BCUT2D eigenvalue weighted by Crippen LogP contribution is -2.02. The molecule has 2 atom stereocenters. The fraction of sp³-hybridized carbons (Fsp3) is 0.374. The van der Waals surface area contributed by atoms with E-state index >= 15 is 8.78 Å². The summed E-state index contributed by atoms with van der Waals surface area (Å²) in [4.78, 5) is 33.0. The number of aromatic nitrogens is 4. The maximum Gasteiger partial charge on any atom is 0.132 e. The standard InChI is InChI=1S/C115H124Cl2F2N4O3S6/c1-11-18-23-26-29-32-57-124-81-46-36-43-78(64-81)108-107(77-42-35-39-72(8)60-77)121-111-84(50-49-73(9)106(111)120-108)95-53-55-97(128-95)87-67-94(119)88(68-93(87)118)98-56-54-96(129-98)85-51-52-86(113-112(85)122-109(79-44-37-47-82(65-79)125-58-33-30-27-24-19-12-2)110(123-113)80-45-38-48-83(66-80)126-59-34-31-28-25-20-13-3)99-69-90-105(103-71-92(117)101(131-103)63-76(17-7)41-22-15-5)114-89(61-74(10)127-114)104(115(90)132-99)102-70-91(116)100(130-102)62-75(16-6)40-21-14-4/h35-39,42-56,60-61,64-71,75-76H,11-34,40-41,57-59,62-63H2,1-10H3. The van der Waals surface area contributed by atoms with Crippen molar-refractivity contribution in [2.75, 3.05) is 19.8 Å². The number of halogens is 4. The molecule has 0 bridgehead atoms. The lowest BCUT2D eigenvalue weighted by atomic mass is 9.95. The molecular formula is C115H124Cl2F2N4O3S6. The van der Waals surface area contributed by atoms with Gasteiger partial charge in [-0.1, -0.05) is 304 Å². The van der Waals surface area contributed by atoms with Gasteiger partial charge in [0, 0.05) is 130 Å². The van der Waals surface area contributed by atoms with Gasteiger partial charge < -0.3 is 14.2 Å². The molecule has 0 aliphatic rings. The van der Waals surface area contributed by atoms with E-state index in [9.17, 15) is 0 Å². The maximum atomic E-state index is 17.7. The van der Waals surface area contributed by atoms with E-state index in [0.717, 1.165) is 207 Å². The molecule has 16 rings (SSSR count). The predicted octanol–water partition coefficient (Wildman–Crippen LogP) is 38.8. The summed E-state index contributed by atoms with van der Waals surface area (Å²) in [6.45, 7) is 24.2. The highest BCUT2D eigenvalue weighted by Gasteiger charge is 2.30. The third kappa shape index (κ3) is 22.5. The summed E-state index contributed by atoms with van der Waals surface area (Å²) < 4.78 is 57.5. The number of benzene rings is 8. The van der Waals surface area contributed by atoms with E-state index in [1.54, 1.807) is 11.3 Å². The lowest BCUT2D eigenvalue weighted by Gasteiger charge is -2.16. The minimum atomic E-state index is -0.535. The van der Waals surface area contributed by atoms with Crippen molar-refractivity contribution < 1.29 is 23.0 Å². The molecule has 0 aliphatic heterocycles. The average Bonchev–Trinajstić information content (AvgIpc) is 1.56. The highest BCUT2D eigenvalue weighted by molar-refractivity contribution is 7.25. The molecule has 0 N–H and O–H groups in total. The minimum Gasteiger partial charge on any atom is -0.494 e. The van der Waals surface area contributed by atoms with Crippen LogP contribution in [-0.4, -0.2) is 39.8 Å². The minimum absolute atomic E-state index is 0.165. The first-order chi connectivity index (χ1) is 64.5. The third-order valence-corrected chi connectivity index (χ3v) is 33.8. The van der Waals surface area contributed by atoms with E-state index in [1.165, 1.54) is 178 Å². The van der Waals surface area contributed by atoms with Crippen LogP contribution >= 0.6 is 91.2 Å². The molecule has 0 saturated heterocycles. The number of unbranched alkanes of at least 4 members (excludes halogenated alkanes) is 17. The Kier molecular flexibility index (Phi) is 33.5. The second-order valence-corrected chi connectivity index (χ2v) is 43.5. The number of thiophene rings is 6. The Balaban J connectivity index is 0.826. The first kappa shape index (κ1) is 96.1. The molecule has 7 nitrogen and oxygen atoms in total. The van der Waals surface area contributed by atoms with Crippen molar-refractivity contribution in [2.45, 2.75) is 249 Å². The fourth-order valence-electron chi connectivity index (χ4n) is 18.5. The van der Waals surface area contributed by atoms with Crippen molar-refractivity contribution in [1.29, 1.82) is 0 Å². The summed E-state index contributed by atoms with van der Waals surface area (Å²) in [5, 5.41) is 4.03. The zero-order valence-electron chi connectivity index (χ0n) is 78.4. The molecule has 0 fully saturated rings. The molecule has 0 radical (unpaired) electrons. The van der Waals surface area contributed by atoms with Crippen LogP contribution in [-0.2, 0) is 12.8 Å². The second-order valence-electron chi connectivity index (χ2n) is 36.0. The van der Waals surface area contributed by atoms with Gasteiger partial charge in [0.25, 0.3) is 0 Å². The highest BCUT2D eigenvalue weighted by Crippen LogP contribution is 2.57. The molecule has 8 aromatic carbocycles. The molecule has 17 heteroatoms. The lowest BCUT2D eigenvalue weighted by molar-refractivity contribution is 0.304. The van der Waals surface area contributed by atoms with E-state index in [-0.39, 0.29) is 11.1 Å². The van der Waals surface area contributed by atoms with Crippen LogP contribution in [0.4, 0.5) is 8.78 Å². The first-order valence-electron chi connectivity index (χ1n) is 48.7. The topological polar surface area (TPSA) is 79.3 Å². The van der Waals surface area contributed by atoms with Crippen LogP contribution in [0.2, 0.25) is 10.0 Å². The molecule has 132 heavy (non-hydrogen) atoms. The Hall–Kier alpha value is -9.00. The Bertz CT molecular complexity index is 6530. The summed E-state index contributed by atoms with van der Waals surface area (Å²) in [5.41, 5.74) is 16.7. The second kappa shape index (κ2) is 46.0. The van der Waals surface area contributed by atoms with Gasteiger partial charge in [-0.2, -0.15) is 0 Å². The summed E-state index contributed by atoms with van der Waals surface area (Å²) in [7, 11) is 0. The first-order valence-corrected chi connectivity index (χ1v) is 54.4. The summed E-state index contributed by atoms with van der Waals surface area (Å²) in [6.07, 6.45) is 32.1. The third-order valence-electron chi connectivity index (χ3n) is 26.0. The smallest absolute Gasteiger partial charge is 0.132 e. The fourth-order valence-corrected chi connectivity index (χ4v) is 26.2. The number of fused-ring (bicyclic) bond motifs is 4. The number of ether oxygens (including phenoxy) is 3. The molecule has 16 aromatic rings. The summed E-state index contributed by atoms with van der Waals surface area (Å²) in [5.74, 6) is 2.33. The van der Waals surface area contributed by atoms with Gasteiger partial charge in [0.1, 0.15) is 28.9 Å². The number of aryl methyl sites for hydroxylation is 3. The van der Waals surface area contributed by atoms with E-state index < -0.39 is 11.6 Å². The Morgan fingerprint density at radius 1 is 0.318 bits per heavy atom. The van der Waals surface area contributed by atoms with Crippen LogP contribution in [0, 0.1) is 44.2 Å². The van der Waals surface area contributed by atoms with Crippen molar-refractivity contribution in [3.63, 3.8) is 0 Å². The van der Waals surface area contributed by atoms with Crippen molar-refractivity contribution in [3.8, 4) is 135 Å². The Morgan fingerprint density at radius 3 is 1.11 bits per heavy atom. The Morgan fingerprint density at radius 2 is 0.682 bits per heavy atom. The van der Waals surface area contributed by atoms with Crippen LogP contribution in [0.5, 0.6) is 17.2 Å². The SMILES string of the molecule is CCCCCCCCOc1cccc(-c2nc3c(C)ccc(-c4ccc(-c5cc(F)c(-c6ccc(-c7ccc(-c8cc9c(-c%10cc(Cl)c(CC(CC)CCCC)s%10)c%10sc(C)cc%10c(-c%10cc(Cl)c(CC(CC)CCCC)s%10)c9s8)c8nc(-c9cccc(OCCCCCCCC)c9)c(-c9cccc(OCCCCCCCC)c9)nc78)s6)cc5F)s4)c3nc2-c2cccc(C)c2)c1. The van der Waals surface area contributed by atoms with Gasteiger partial charge >= 0.3 is 0 Å². The molecule has 8 aromatic heterocycles. The zero-order valence-corrected chi connectivity index (χ0v) is 84.8. The molecule has 0 amide bonds. The molecule has 0 aliphatic carbocycles. The summed E-state index contributed by atoms with van der Waals surface area (Å²) in [6, 6.07) is 61.7. The number of hydrogen-bond donors (Lipinski definition) is 0. The molecule has 0 spiro atoms. The van der Waals surface area contributed by atoms with Crippen molar-refractivity contribution in [1.82, 2.24) is 19.9 Å². The normalized spacial score (nSPS) is 12.3. The van der Waals surface area contributed by atoms with E-state index in [4.69, 9.17) is 57.3 Å². The predicted molar refractivity (Wildman–Crippen MR) is 569 cm³/mol. The number of nitrogens with zero attached hydrogens (tertiary/aromatic N) is 4. The number of hydrogen-bond acceptors (Lipinski definition) is 13. The van der Waals surface area contributed by atoms with Crippen LogP contribution in [0.1, 0.15) is 241 Å². The van der Waals surface area contributed by atoms with Gasteiger partial charge in [-0.05, 0) is 173 Å².